The number of benzene rings is 1. The van der Waals surface area contributed by atoms with Gasteiger partial charge in [-0.1, -0.05) is 24.3 Å². The molecule has 0 aliphatic carbocycles. The Bertz CT molecular complexity index is 601. The van der Waals surface area contributed by atoms with Crippen LogP contribution in [0.4, 0.5) is 0 Å². The molecule has 3 nitrogen and oxygen atoms in total. The summed E-state index contributed by atoms with van der Waals surface area (Å²) in [5.74, 6) is 0.438. The minimum atomic E-state index is -1.09. The van der Waals surface area contributed by atoms with E-state index in [1.54, 1.807) is 6.07 Å². The minimum Gasteiger partial charge on any atom is -0.412 e. The van der Waals surface area contributed by atoms with Gasteiger partial charge in [0, 0.05) is 11.1 Å². The number of hydrogen-bond acceptors (Lipinski definition) is 3. The standard InChI is InChI=1S/C12H8O2S2.H2O/c13-11-9-4-2-1-3-8(9)7-16(14)12-10(11)5-6-15-12;/h1-6H,7H2;1H2. The third-order valence-electron chi connectivity index (χ3n) is 2.63. The van der Waals surface area contributed by atoms with Crippen LogP contribution in [0.1, 0.15) is 21.5 Å². The number of thiophene rings is 1. The van der Waals surface area contributed by atoms with Gasteiger partial charge >= 0.3 is 0 Å². The molecule has 2 aromatic rings. The van der Waals surface area contributed by atoms with Gasteiger partial charge in [0.2, 0.25) is 0 Å². The zero-order chi connectivity index (χ0) is 11.1. The Morgan fingerprint density at radius 1 is 1.12 bits per heavy atom. The van der Waals surface area contributed by atoms with Crippen molar-refractivity contribution in [1.82, 2.24) is 0 Å². The molecule has 1 aromatic heterocycles. The van der Waals surface area contributed by atoms with Crippen LogP contribution in [0.25, 0.3) is 0 Å². The Morgan fingerprint density at radius 3 is 2.71 bits per heavy atom. The van der Waals surface area contributed by atoms with Crippen LogP contribution in [-0.4, -0.2) is 15.5 Å². The van der Waals surface area contributed by atoms with E-state index in [0.29, 0.717) is 21.1 Å². The summed E-state index contributed by atoms with van der Waals surface area (Å²) in [4.78, 5) is 12.2. The van der Waals surface area contributed by atoms with Crippen LogP contribution in [0.3, 0.4) is 0 Å². The lowest BCUT2D eigenvalue weighted by Crippen LogP contribution is -2.01. The molecule has 0 radical (unpaired) electrons. The molecule has 0 spiro atoms. The Morgan fingerprint density at radius 2 is 1.88 bits per heavy atom. The van der Waals surface area contributed by atoms with Gasteiger partial charge in [0.1, 0.15) is 4.21 Å². The monoisotopic (exact) mass is 266 g/mol. The first-order chi connectivity index (χ1) is 7.77. The molecule has 0 bridgehead atoms. The molecule has 17 heavy (non-hydrogen) atoms. The highest BCUT2D eigenvalue weighted by atomic mass is 32.2. The Labute approximate surface area is 105 Å². The van der Waals surface area contributed by atoms with Crippen molar-refractivity contribution >= 4 is 27.9 Å². The van der Waals surface area contributed by atoms with Gasteiger partial charge < -0.3 is 5.48 Å². The van der Waals surface area contributed by atoms with E-state index in [-0.39, 0.29) is 11.3 Å². The SMILES string of the molecule is O.O=C1c2ccccc2CS(=O)c2sccc21. The third-order valence-corrected chi connectivity index (χ3v) is 5.39. The van der Waals surface area contributed by atoms with Crippen LogP contribution in [0, 0.1) is 0 Å². The molecule has 1 aromatic carbocycles. The third kappa shape index (κ3) is 1.86. The molecule has 1 aliphatic heterocycles. The molecular weight excluding hydrogens is 256 g/mol. The first-order valence-corrected chi connectivity index (χ1v) is 7.05. The highest BCUT2D eigenvalue weighted by molar-refractivity contribution is 7.86. The van der Waals surface area contributed by atoms with Crippen molar-refractivity contribution in [3.05, 3.63) is 52.4 Å². The number of rotatable bonds is 0. The number of hydrogen-bond donors (Lipinski definition) is 0. The van der Waals surface area contributed by atoms with Gasteiger partial charge in [-0.15, -0.1) is 11.3 Å². The van der Waals surface area contributed by atoms with Crippen LogP contribution < -0.4 is 0 Å². The van der Waals surface area contributed by atoms with Gasteiger partial charge in [-0.2, -0.15) is 0 Å². The van der Waals surface area contributed by atoms with Crippen LogP contribution in [0.5, 0.6) is 0 Å². The van der Waals surface area contributed by atoms with Gasteiger partial charge in [0.15, 0.2) is 5.78 Å². The number of ketones is 1. The first-order valence-electron chi connectivity index (χ1n) is 4.86. The Kier molecular flexibility index (Phi) is 3.24. The van der Waals surface area contributed by atoms with E-state index in [1.165, 1.54) is 11.3 Å². The summed E-state index contributed by atoms with van der Waals surface area (Å²) in [7, 11) is -1.09. The quantitative estimate of drug-likeness (QED) is 0.729. The molecule has 0 amide bonds. The van der Waals surface area contributed by atoms with E-state index in [4.69, 9.17) is 0 Å². The van der Waals surface area contributed by atoms with Crippen molar-refractivity contribution in [1.29, 1.82) is 0 Å². The molecule has 88 valence electrons. The molecular formula is C12H10O3S2. The second kappa shape index (κ2) is 4.52. The topological polar surface area (TPSA) is 65.6 Å². The maximum absolute atomic E-state index is 12.2. The van der Waals surface area contributed by atoms with Crippen molar-refractivity contribution in [3.63, 3.8) is 0 Å². The van der Waals surface area contributed by atoms with Gasteiger partial charge in [0.25, 0.3) is 0 Å². The lowest BCUT2D eigenvalue weighted by molar-refractivity contribution is 0.103. The van der Waals surface area contributed by atoms with Crippen molar-refractivity contribution < 1.29 is 14.5 Å². The average Bonchev–Trinajstić information content (AvgIpc) is 2.74. The molecule has 5 heteroatoms. The zero-order valence-electron chi connectivity index (χ0n) is 8.80. The van der Waals surface area contributed by atoms with Crippen LogP contribution in [0.2, 0.25) is 0 Å². The molecule has 0 saturated carbocycles. The minimum absolute atomic E-state index is 0. The summed E-state index contributed by atoms with van der Waals surface area (Å²) in [5, 5.41) is 1.83. The fraction of sp³-hybridized carbons (Fsp3) is 0.0833. The largest absolute Gasteiger partial charge is 0.412 e. The summed E-state index contributed by atoms with van der Waals surface area (Å²) >= 11 is 1.40. The van der Waals surface area contributed by atoms with Crippen molar-refractivity contribution in [2.45, 2.75) is 9.96 Å². The van der Waals surface area contributed by atoms with Crippen LogP contribution in [0.15, 0.2) is 39.9 Å². The summed E-state index contributed by atoms with van der Waals surface area (Å²) in [6.07, 6.45) is 0. The van der Waals surface area contributed by atoms with E-state index in [1.807, 2.05) is 29.6 Å². The normalized spacial score (nSPS) is 17.6. The molecule has 1 unspecified atom stereocenters. The highest BCUT2D eigenvalue weighted by Gasteiger charge is 2.25. The Balaban J connectivity index is 0.00000108. The van der Waals surface area contributed by atoms with Crippen molar-refractivity contribution in [3.8, 4) is 0 Å². The Hall–Kier alpha value is -1.30. The van der Waals surface area contributed by atoms with Crippen molar-refractivity contribution in [2.75, 3.05) is 0 Å². The lowest BCUT2D eigenvalue weighted by Gasteiger charge is -2.01. The van der Waals surface area contributed by atoms with E-state index >= 15 is 0 Å². The summed E-state index contributed by atoms with van der Waals surface area (Å²) in [5.41, 5.74) is 2.18. The van der Waals surface area contributed by atoms with Gasteiger partial charge in [-0.3, -0.25) is 9.00 Å². The second-order valence-electron chi connectivity index (χ2n) is 3.60. The van der Waals surface area contributed by atoms with Crippen LogP contribution in [-0.2, 0) is 16.6 Å². The number of carbonyl (C=O) groups excluding carboxylic acids is 1. The fourth-order valence-electron chi connectivity index (χ4n) is 1.86. The molecule has 0 saturated heterocycles. The van der Waals surface area contributed by atoms with E-state index in [9.17, 15) is 9.00 Å². The molecule has 1 aliphatic rings. The lowest BCUT2D eigenvalue weighted by atomic mass is 10.0. The molecule has 2 heterocycles. The first kappa shape index (κ1) is 12.2. The predicted molar refractivity (Wildman–Crippen MR) is 67.9 cm³/mol. The van der Waals surface area contributed by atoms with Gasteiger partial charge in [-0.05, 0) is 17.0 Å². The maximum Gasteiger partial charge on any atom is 0.195 e. The molecule has 0 fully saturated rings. The van der Waals surface area contributed by atoms with Gasteiger partial charge in [-0.25, -0.2) is 0 Å². The number of fused-ring (bicyclic) bond motifs is 2. The van der Waals surface area contributed by atoms with Crippen LogP contribution >= 0.6 is 11.3 Å². The van der Waals surface area contributed by atoms with E-state index in [2.05, 4.69) is 0 Å². The highest BCUT2D eigenvalue weighted by Crippen LogP contribution is 2.30. The van der Waals surface area contributed by atoms with Gasteiger partial charge in [0.05, 0.1) is 16.6 Å². The molecule has 1 atom stereocenters. The van der Waals surface area contributed by atoms with E-state index < -0.39 is 10.8 Å². The number of carbonyl (C=O) groups is 1. The second-order valence-corrected chi connectivity index (χ2v) is 6.16. The fourth-order valence-corrected chi connectivity index (χ4v) is 4.32. The molecule has 3 rings (SSSR count). The summed E-state index contributed by atoms with van der Waals surface area (Å²) in [6.45, 7) is 0. The smallest absolute Gasteiger partial charge is 0.195 e. The summed E-state index contributed by atoms with van der Waals surface area (Å²) < 4.78 is 12.8. The maximum atomic E-state index is 12.2. The van der Waals surface area contributed by atoms with Crippen molar-refractivity contribution in [2.24, 2.45) is 0 Å². The summed E-state index contributed by atoms with van der Waals surface area (Å²) in [6, 6.07) is 9.17. The average molecular weight is 266 g/mol. The molecule has 2 N–H and O–H groups in total. The van der Waals surface area contributed by atoms with E-state index in [0.717, 1.165) is 5.56 Å². The predicted octanol–water partition coefficient (Wildman–Crippen LogP) is 1.78. The zero-order valence-corrected chi connectivity index (χ0v) is 10.4.